The van der Waals surface area contributed by atoms with E-state index in [4.69, 9.17) is 10.5 Å². The van der Waals surface area contributed by atoms with Crippen molar-refractivity contribution in [1.29, 1.82) is 0 Å². The van der Waals surface area contributed by atoms with Crippen molar-refractivity contribution in [1.82, 2.24) is 4.90 Å². The average molecular weight is 367 g/mol. The van der Waals surface area contributed by atoms with Crippen LogP contribution in [0.3, 0.4) is 0 Å². The summed E-state index contributed by atoms with van der Waals surface area (Å²) in [6.07, 6.45) is 0.172. The minimum Gasteiger partial charge on any atom is -0.378 e. The molecule has 27 heavy (non-hydrogen) atoms. The Kier molecular flexibility index (Phi) is 6.21. The van der Waals surface area contributed by atoms with Gasteiger partial charge in [-0.1, -0.05) is 36.4 Å². The van der Waals surface area contributed by atoms with Crippen molar-refractivity contribution in [2.75, 3.05) is 31.6 Å². The number of amides is 2. The highest BCUT2D eigenvalue weighted by atomic mass is 16.5. The molecule has 1 heterocycles. The summed E-state index contributed by atoms with van der Waals surface area (Å²) >= 11 is 0. The minimum absolute atomic E-state index is 0.0465. The number of morpholine rings is 1. The fourth-order valence-electron chi connectivity index (χ4n) is 3.06. The first-order chi connectivity index (χ1) is 13.0. The number of anilines is 1. The zero-order valence-electron chi connectivity index (χ0n) is 15.5. The molecular weight excluding hydrogens is 342 g/mol. The van der Waals surface area contributed by atoms with Gasteiger partial charge in [0.2, 0.25) is 5.91 Å². The summed E-state index contributed by atoms with van der Waals surface area (Å²) in [6, 6.07) is 14.5. The van der Waals surface area contributed by atoms with Crippen LogP contribution in [0.4, 0.5) is 5.69 Å². The molecule has 0 aliphatic carbocycles. The largest absolute Gasteiger partial charge is 0.378 e. The second-order valence-electron chi connectivity index (χ2n) is 6.70. The zero-order valence-corrected chi connectivity index (χ0v) is 15.5. The third kappa shape index (κ3) is 4.93. The molecule has 0 radical (unpaired) electrons. The Balaban J connectivity index is 1.67. The monoisotopic (exact) mass is 367 g/mol. The molecule has 1 unspecified atom stereocenters. The molecular formula is C21H25N3O3. The van der Waals surface area contributed by atoms with Crippen molar-refractivity contribution in [2.24, 2.45) is 5.73 Å². The maximum Gasteiger partial charge on any atom is 0.254 e. The SMILES string of the molecule is Cc1ccc(C(=O)N2CCOCC2)cc1NC(=O)CC(N)c1ccccc1. The van der Waals surface area contributed by atoms with Crippen LogP contribution < -0.4 is 11.1 Å². The van der Waals surface area contributed by atoms with Crippen molar-refractivity contribution in [3.8, 4) is 0 Å². The molecule has 0 saturated carbocycles. The number of hydrogen-bond donors (Lipinski definition) is 2. The summed E-state index contributed by atoms with van der Waals surface area (Å²) in [6.45, 7) is 4.17. The summed E-state index contributed by atoms with van der Waals surface area (Å²) in [7, 11) is 0. The molecule has 1 aliphatic heterocycles. The lowest BCUT2D eigenvalue weighted by Gasteiger charge is -2.27. The second kappa shape index (κ2) is 8.79. The highest BCUT2D eigenvalue weighted by Gasteiger charge is 2.20. The van der Waals surface area contributed by atoms with E-state index in [9.17, 15) is 9.59 Å². The van der Waals surface area contributed by atoms with Crippen LogP contribution in [0.15, 0.2) is 48.5 Å². The second-order valence-corrected chi connectivity index (χ2v) is 6.70. The minimum atomic E-state index is -0.371. The first kappa shape index (κ1) is 19.1. The number of aryl methyl sites for hydroxylation is 1. The van der Waals surface area contributed by atoms with Crippen LogP contribution in [-0.2, 0) is 9.53 Å². The van der Waals surface area contributed by atoms with Gasteiger partial charge in [0.05, 0.1) is 13.2 Å². The molecule has 142 valence electrons. The van der Waals surface area contributed by atoms with Gasteiger partial charge in [-0.3, -0.25) is 9.59 Å². The number of benzene rings is 2. The lowest BCUT2D eigenvalue weighted by atomic mass is 10.0. The topological polar surface area (TPSA) is 84.7 Å². The molecule has 1 aliphatic rings. The number of carbonyl (C=O) groups excluding carboxylic acids is 2. The summed E-state index contributed by atoms with van der Waals surface area (Å²) in [4.78, 5) is 26.8. The van der Waals surface area contributed by atoms with E-state index >= 15 is 0 Å². The van der Waals surface area contributed by atoms with Gasteiger partial charge in [0.25, 0.3) is 5.91 Å². The van der Waals surface area contributed by atoms with Gasteiger partial charge in [0.1, 0.15) is 0 Å². The molecule has 6 nitrogen and oxygen atoms in total. The van der Waals surface area contributed by atoms with E-state index in [2.05, 4.69) is 5.32 Å². The molecule has 0 aromatic heterocycles. The number of carbonyl (C=O) groups is 2. The van der Waals surface area contributed by atoms with Crippen molar-refractivity contribution >= 4 is 17.5 Å². The third-order valence-corrected chi connectivity index (χ3v) is 4.69. The molecule has 1 fully saturated rings. The number of hydrogen-bond acceptors (Lipinski definition) is 4. The number of ether oxygens (including phenoxy) is 1. The Bertz CT molecular complexity index is 802. The first-order valence-corrected chi connectivity index (χ1v) is 9.12. The molecule has 0 bridgehead atoms. The Morgan fingerprint density at radius 1 is 1.15 bits per heavy atom. The van der Waals surface area contributed by atoms with Gasteiger partial charge < -0.3 is 20.7 Å². The number of rotatable bonds is 5. The van der Waals surface area contributed by atoms with E-state index in [1.165, 1.54) is 0 Å². The summed E-state index contributed by atoms with van der Waals surface area (Å²) in [5, 5.41) is 2.89. The molecule has 6 heteroatoms. The number of nitrogens with zero attached hydrogens (tertiary/aromatic N) is 1. The number of nitrogens with two attached hydrogens (primary N) is 1. The van der Waals surface area contributed by atoms with Gasteiger partial charge in [-0.15, -0.1) is 0 Å². The Morgan fingerprint density at radius 3 is 2.56 bits per heavy atom. The molecule has 2 amide bonds. The third-order valence-electron chi connectivity index (χ3n) is 4.69. The van der Waals surface area contributed by atoms with E-state index in [-0.39, 0.29) is 24.3 Å². The first-order valence-electron chi connectivity index (χ1n) is 9.12. The van der Waals surface area contributed by atoms with Crippen LogP contribution in [0, 0.1) is 6.92 Å². The highest BCUT2D eigenvalue weighted by Crippen LogP contribution is 2.20. The van der Waals surface area contributed by atoms with Crippen LogP contribution in [0.2, 0.25) is 0 Å². The molecule has 2 aromatic rings. The van der Waals surface area contributed by atoms with Crippen LogP contribution in [-0.4, -0.2) is 43.0 Å². The van der Waals surface area contributed by atoms with Gasteiger partial charge in [-0.05, 0) is 30.2 Å². The average Bonchev–Trinajstić information content (AvgIpc) is 2.70. The van der Waals surface area contributed by atoms with E-state index in [0.717, 1.165) is 11.1 Å². The number of nitrogens with one attached hydrogen (secondary N) is 1. The van der Waals surface area contributed by atoms with Crippen LogP contribution >= 0.6 is 0 Å². The van der Waals surface area contributed by atoms with Gasteiger partial charge >= 0.3 is 0 Å². The Labute approximate surface area is 159 Å². The van der Waals surface area contributed by atoms with Crippen molar-refractivity contribution in [3.05, 3.63) is 65.2 Å². The van der Waals surface area contributed by atoms with Crippen LogP contribution in [0.5, 0.6) is 0 Å². The van der Waals surface area contributed by atoms with Crippen molar-refractivity contribution in [2.45, 2.75) is 19.4 Å². The smallest absolute Gasteiger partial charge is 0.254 e. The van der Waals surface area contributed by atoms with Crippen LogP contribution in [0.1, 0.15) is 33.9 Å². The summed E-state index contributed by atoms with van der Waals surface area (Å²) < 4.78 is 5.29. The van der Waals surface area contributed by atoms with Gasteiger partial charge in [-0.25, -0.2) is 0 Å². The van der Waals surface area contributed by atoms with E-state index in [1.807, 2.05) is 43.3 Å². The van der Waals surface area contributed by atoms with Crippen LogP contribution in [0.25, 0.3) is 0 Å². The summed E-state index contributed by atoms with van der Waals surface area (Å²) in [5.74, 6) is -0.222. The van der Waals surface area contributed by atoms with E-state index in [0.29, 0.717) is 37.6 Å². The Hall–Kier alpha value is -2.70. The lowest BCUT2D eigenvalue weighted by Crippen LogP contribution is -2.40. The predicted octanol–water partition coefficient (Wildman–Crippen LogP) is 2.50. The molecule has 1 saturated heterocycles. The van der Waals surface area contributed by atoms with Crippen molar-refractivity contribution < 1.29 is 14.3 Å². The molecule has 3 N–H and O–H groups in total. The highest BCUT2D eigenvalue weighted by molar-refractivity contribution is 5.98. The fourth-order valence-corrected chi connectivity index (χ4v) is 3.06. The molecule has 2 aromatic carbocycles. The molecule has 1 atom stereocenters. The molecule has 0 spiro atoms. The van der Waals surface area contributed by atoms with Crippen molar-refractivity contribution in [3.63, 3.8) is 0 Å². The maximum atomic E-state index is 12.6. The quantitative estimate of drug-likeness (QED) is 0.850. The maximum absolute atomic E-state index is 12.6. The predicted molar refractivity (Wildman–Crippen MR) is 105 cm³/mol. The van der Waals surface area contributed by atoms with Gasteiger partial charge in [0.15, 0.2) is 0 Å². The van der Waals surface area contributed by atoms with Gasteiger partial charge in [-0.2, -0.15) is 0 Å². The Morgan fingerprint density at radius 2 is 1.85 bits per heavy atom. The lowest BCUT2D eigenvalue weighted by molar-refractivity contribution is -0.116. The van der Waals surface area contributed by atoms with Gasteiger partial charge in [0, 0.05) is 36.8 Å². The van der Waals surface area contributed by atoms with E-state index < -0.39 is 0 Å². The summed E-state index contributed by atoms with van der Waals surface area (Å²) in [5.41, 5.74) is 9.14. The zero-order chi connectivity index (χ0) is 19.2. The van der Waals surface area contributed by atoms with E-state index in [1.54, 1.807) is 17.0 Å². The standard InChI is InChI=1S/C21H25N3O3/c1-15-7-8-17(21(26)24-9-11-27-12-10-24)13-19(15)23-20(25)14-18(22)16-5-3-2-4-6-16/h2-8,13,18H,9-12,14,22H2,1H3,(H,23,25). The molecule has 3 rings (SSSR count). The normalized spacial score (nSPS) is 15.3. The fraction of sp³-hybridized carbons (Fsp3) is 0.333.